The Balaban J connectivity index is 1.57. The number of nitrogens with one attached hydrogen (secondary N) is 1. The van der Waals surface area contributed by atoms with Crippen LogP contribution in [-0.2, 0) is 4.79 Å². The van der Waals surface area contributed by atoms with Crippen LogP contribution in [0.4, 0.5) is 4.39 Å². The standard InChI is InChI=1S/C26H37FN4O3S/c1-3-5-6-17(4-2)24(32)29-19-7-9-20(10-8-19)31-25(33)22-15-18(27)16-28-23(22)30(26(31)34)21-11-13-35-14-12-21/h15-17,19-21H,3-14H2,1-2H3,(H,29,32). The fourth-order valence-electron chi connectivity index (χ4n) is 5.57. The number of pyridine rings is 1. The van der Waals surface area contributed by atoms with Crippen LogP contribution < -0.4 is 16.6 Å². The third-order valence-corrected chi connectivity index (χ3v) is 8.71. The number of hydrogen-bond donors (Lipinski definition) is 1. The van der Waals surface area contributed by atoms with E-state index in [0.29, 0.717) is 25.7 Å². The van der Waals surface area contributed by atoms with E-state index in [4.69, 9.17) is 0 Å². The van der Waals surface area contributed by atoms with E-state index in [1.54, 1.807) is 4.57 Å². The number of thioether (sulfide) groups is 1. The Morgan fingerprint density at radius 2 is 1.80 bits per heavy atom. The van der Waals surface area contributed by atoms with Gasteiger partial charge in [-0.15, -0.1) is 0 Å². The van der Waals surface area contributed by atoms with E-state index < -0.39 is 11.4 Å². The summed E-state index contributed by atoms with van der Waals surface area (Å²) in [6.45, 7) is 4.18. The van der Waals surface area contributed by atoms with Crippen LogP contribution in [0.5, 0.6) is 0 Å². The molecule has 0 radical (unpaired) electrons. The molecular weight excluding hydrogens is 467 g/mol. The van der Waals surface area contributed by atoms with Crippen molar-refractivity contribution in [1.29, 1.82) is 0 Å². The molecule has 1 N–H and O–H groups in total. The van der Waals surface area contributed by atoms with Crippen molar-refractivity contribution in [2.75, 3.05) is 11.5 Å². The number of hydrogen-bond acceptors (Lipinski definition) is 5. The minimum absolute atomic E-state index is 0.0408. The largest absolute Gasteiger partial charge is 0.353 e. The first-order valence-corrected chi connectivity index (χ1v) is 14.3. The van der Waals surface area contributed by atoms with Gasteiger partial charge < -0.3 is 5.32 Å². The lowest BCUT2D eigenvalue weighted by atomic mass is 9.90. The van der Waals surface area contributed by atoms with Gasteiger partial charge in [0.1, 0.15) is 11.5 Å². The van der Waals surface area contributed by atoms with Crippen molar-refractivity contribution in [3.05, 3.63) is 38.9 Å². The average Bonchev–Trinajstić information content (AvgIpc) is 2.87. The van der Waals surface area contributed by atoms with Crippen LogP contribution in [0.3, 0.4) is 0 Å². The molecular formula is C26H37FN4O3S. The molecule has 1 unspecified atom stereocenters. The molecule has 2 fully saturated rings. The quantitative estimate of drug-likeness (QED) is 0.569. The van der Waals surface area contributed by atoms with E-state index in [0.717, 1.165) is 56.2 Å². The lowest BCUT2D eigenvalue weighted by Gasteiger charge is -2.32. The number of carbonyl (C=O) groups excluding carboxylic acids is 1. The molecule has 2 aromatic rings. The molecule has 1 saturated heterocycles. The van der Waals surface area contributed by atoms with E-state index >= 15 is 0 Å². The van der Waals surface area contributed by atoms with Gasteiger partial charge in [0.2, 0.25) is 5.91 Å². The molecule has 1 atom stereocenters. The fraction of sp³-hybridized carbons (Fsp3) is 0.692. The first-order chi connectivity index (χ1) is 16.9. The van der Waals surface area contributed by atoms with Gasteiger partial charge >= 0.3 is 5.69 Å². The summed E-state index contributed by atoms with van der Waals surface area (Å²) in [7, 11) is 0. The van der Waals surface area contributed by atoms with Gasteiger partial charge in [-0.05, 0) is 68.9 Å². The predicted molar refractivity (Wildman–Crippen MR) is 139 cm³/mol. The highest BCUT2D eigenvalue weighted by molar-refractivity contribution is 7.99. The monoisotopic (exact) mass is 504 g/mol. The van der Waals surface area contributed by atoms with Gasteiger partial charge in [0.05, 0.1) is 11.6 Å². The van der Waals surface area contributed by atoms with Crippen LogP contribution in [0.15, 0.2) is 21.9 Å². The number of carbonyl (C=O) groups is 1. The fourth-order valence-corrected chi connectivity index (χ4v) is 6.65. The summed E-state index contributed by atoms with van der Waals surface area (Å²) in [6.07, 6.45) is 9.27. The van der Waals surface area contributed by atoms with E-state index in [2.05, 4.69) is 24.1 Å². The number of amides is 1. The zero-order valence-corrected chi connectivity index (χ0v) is 21.6. The van der Waals surface area contributed by atoms with Crippen LogP contribution in [0, 0.1) is 11.7 Å². The Labute approximate surface area is 209 Å². The molecule has 35 heavy (non-hydrogen) atoms. The van der Waals surface area contributed by atoms with Crippen molar-refractivity contribution in [1.82, 2.24) is 19.4 Å². The Hall–Kier alpha value is -2.16. The summed E-state index contributed by atoms with van der Waals surface area (Å²) in [4.78, 5) is 44.0. The van der Waals surface area contributed by atoms with E-state index in [1.807, 2.05) is 11.8 Å². The van der Waals surface area contributed by atoms with Crippen LogP contribution in [0.1, 0.15) is 90.1 Å². The number of nitrogens with zero attached hydrogens (tertiary/aromatic N) is 3. The van der Waals surface area contributed by atoms with Crippen LogP contribution >= 0.6 is 11.8 Å². The van der Waals surface area contributed by atoms with Crippen LogP contribution in [-0.4, -0.2) is 37.6 Å². The molecule has 0 aromatic carbocycles. The summed E-state index contributed by atoms with van der Waals surface area (Å²) >= 11 is 1.86. The third-order valence-electron chi connectivity index (χ3n) is 7.66. The topological polar surface area (TPSA) is 86.0 Å². The maximum absolute atomic E-state index is 14.1. The molecule has 7 nitrogen and oxygen atoms in total. The molecule has 0 spiro atoms. The second kappa shape index (κ2) is 11.7. The van der Waals surface area contributed by atoms with E-state index in [9.17, 15) is 18.8 Å². The average molecular weight is 505 g/mol. The van der Waals surface area contributed by atoms with E-state index in [-0.39, 0.29) is 46.7 Å². The number of fused-ring (bicyclic) bond motifs is 1. The van der Waals surface area contributed by atoms with Crippen molar-refractivity contribution in [3.8, 4) is 0 Å². The zero-order valence-electron chi connectivity index (χ0n) is 20.8. The molecule has 1 saturated carbocycles. The summed E-state index contributed by atoms with van der Waals surface area (Å²) in [5, 5.41) is 3.38. The SMILES string of the molecule is CCCCC(CC)C(=O)NC1CCC(n2c(=O)c3cc(F)cnc3n(C3CCSCC3)c2=O)CC1. The Morgan fingerprint density at radius 1 is 1.11 bits per heavy atom. The molecule has 9 heteroatoms. The molecule has 2 aromatic heterocycles. The second-order valence-corrected chi connectivity index (χ2v) is 11.2. The molecule has 2 aliphatic rings. The highest BCUT2D eigenvalue weighted by Gasteiger charge is 2.30. The zero-order chi connectivity index (χ0) is 24.9. The van der Waals surface area contributed by atoms with Gasteiger partial charge in [-0.2, -0.15) is 11.8 Å². The summed E-state index contributed by atoms with van der Waals surface area (Å²) in [5.74, 6) is 1.47. The van der Waals surface area contributed by atoms with Crippen molar-refractivity contribution < 1.29 is 9.18 Å². The second-order valence-electron chi connectivity index (χ2n) is 9.96. The van der Waals surface area contributed by atoms with Crippen molar-refractivity contribution in [2.45, 2.75) is 96.2 Å². The molecule has 1 aliphatic heterocycles. The molecule has 0 bridgehead atoms. The Morgan fingerprint density at radius 3 is 2.46 bits per heavy atom. The normalized spacial score (nSPS) is 22.3. The van der Waals surface area contributed by atoms with Crippen molar-refractivity contribution >= 4 is 28.7 Å². The molecule has 4 rings (SSSR count). The lowest BCUT2D eigenvalue weighted by molar-refractivity contribution is -0.126. The molecule has 1 aliphatic carbocycles. The highest BCUT2D eigenvalue weighted by Crippen LogP contribution is 2.30. The summed E-state index contributed by atoms with van der Waals surface area (Å²) in [5.41, 5.74) is -0.513. The maximum atomic E-state index is 14.1. The van der Waals surface area contributed by atoms with Crippen LogP contribution in [0.25, 0.3) is 11.0 Å². The number of halogens is 1. The van der Waals surface area contributed by atoms with Gasteiger partial charge in [-0.1, -0.05) is 26.7 Å². The van der Waals surface area contributed by atoms with Gasteiger partial charge in [-0.3, -0.25) is 18.7 Å². The first-order valence-electron chi connectivity index (χ1n) is 13.1. The molecule has 3 heterocycles. The minimum atomic E-state index is -0.578. The third kappa shape index (κ3) is 5.65. The van der Waals surface area contributed by atoms with Gasteiger partial charge in [0.15, 0.2) is 0 Å². The number of rotatable bonds is 8. The van der Waals surface area contributed by atoms with Crippen molar-refractivity contribution in [2.24, 2.45) is 5.92 Å². The molecule has 1 amide bonds. The summed E-state index contributed by atoms with van der Waals surface area (Å²) < 4.78 is 17.1. The number of unbranched alkanes of at least 4 members (excludes halogenated alkanes) is 1. The smallest absolute Gasteiger partial charge is 0.333 e. The lowest BCUT2D eigenvalue weighted by Crippen LogP contribution is -2.47. The first kappa shape index (κ1) is 25.9. The van der Waals surface area contributed by atoms with Crippen molar-refractivity contribution in [3.63, 3.8) is 0 Å². The maximum Gasteiger partial charge on any atom is 0.333 e. The van der Waals surface area contributed by atoms with Gasteiger partial charge in [0.25, 0.3) is 5.56 Å². The van der Waals surface area contributed by atoms with E-state index in [1.165, 1.54) is 10.6 Å². The number of aromatic nitrogens is 3. The molecule has 192 valence electrons. The Kier molecular flexibility index (Phi) is 8.68. The summed E-state index contributed by atoms with van der Waals surface area (Å²) in [6, 6.07) is 0.965. The highest BCUT2D eigenvalue weighted by atomic mass is 32.2. The predicted octanol–water partition coefficient (Wildman–Crippen LogP) is 4.58. The Bertz CT molecular complexity index is 1150. The van der Waals surface area contributed by atoms with Crippen LogP contribution in [0.2, 0.25) is 0 Å². The minimum Gasteiger partial charge on any atom is -0.353 e. The van der Waals surface area contributed by atoms with Gasteiger partial charge in [0, 0.05) is 24.0 Å². The van der Waals surface area contributed by atoms with Gasteiger partial charge in [-0.25, -0.2) is 14.2 Å².